The van der Waals surface area contributed by atoms with Crippen LogP contribution in [-0.4, -0.2) is 93.1 Å². The third kappa shape index (κ3) is 7.85. The second-order valence-electron chi connectivity index (χ2n) is 16.2. The highest BCUT2D eigenvalue weighted by molar-refractivity contribution is 7.27. The Bertz CT molecular complexity index is 2540. The minimum atomic E-state index is -0.690. The second-order valence-corrected chi connectivity index (χ2v) is 17.9. The van der Waals surface area contributed by atoms with Crippen molar-refractivity contribution in [1.29, 1.82) is 0 Å². The largest absolute Gasteiger partial charge is 0.453 e. The van der Waals surface area contributed by atoms with Crippen molar-refractivity contribution in [2.24, 2.45) is 11.8 Å². The monoisotopic (exact) mass is 850 g/mol. The van der Waals surface area contributed by atoms with Gasteiger partial charge in [0.05, 0.1) is 58.6 Å². The fraction of sp³-hybridized carbons (Fsp3) is 0.409. The number of rotatable bonds is 11. The van der Waals surface area contributed by atoms with E-state index in [-0.39, 0.29) is 35.7 Å². The van der Waals surface area contributed by atoms with E-state index in [1.807, 2.05) is 49.8 Å². The molecule has 2 saturated heterocycles. The van der Waals surface area contributed by atoms with E-state index in [4.69, 9.17) is 19.4 Å². The van der Waals surface area contributed by atoms with Crippen molar-refractivity contribution in [3.05, 3.63) is 71.1 Å². The van der Waals surface area contributed by atoms with Gasteiger partial charge in [0.1, 0.15) is 23.7 Å². The van der Waals surface area contributed by atoms with E-state index in [1.165, 1.54) is 29.2 Å². The predicted molar refractivity (Wildman–Crippen MR) is 234 cm³/mol. The lowest BCUT2D eigenvalue weighted by atomic mass is 10.0. The van der Waals surface area contributed by atoms with Crippen LogP contribution in [0.15, 0.2) is 59.4 Å². The molecule has 4 amide bonds. The molecule has 4 aromatic heterocycles. The van der Waals surface area contributed by atoms with Crippen LogP contribution >= 0.6 is 22.7 Å². The highest BCUT2D eigenvalue weighted by Crippen LogP contribution is 2.44. The van der Waals surface area contributed by atoms with Crippen molar-refractivity contribution >= 4 is 67.1 Å². The number of amides is 4. The summed E-state index contributed by atoms with van der Waals surface area (Å²) in [6.07, 6.45) is 3.89. The first kappa shape index (κ1) is 41.0. The minimum Gasteiger partial charge on any atom is -0.453 e. The molecule has 2 aromatic carbocycles. The van der Waals surface area contributed by atoms with Crippen LogP contribution in [0.1, 0.15) is 77.1 Å². The average Bonchev–Trinajstić information content (AvgIpc) is 4.10. The van der Waals surface area contributed by atoms with E-state index in [9.17, 15) is 19.2 Å². The molecule has 8 rings (SSSR count). The lowest BCUT2D eigenvalue weighted by Gasteiger charge is -2.30. The quantitative estimate of drug-likeness (QED) is 0.100. The van der Waals surface area contributed by atoms with Crippen molar-refractivity contribution < 1.29 is 28.7 Å². The maximum Gasteiger partial charge on any atom is 0.407 e. The number of ether oxygens (including phenoxy) is 2. The zero-order chi connectivity index (χ0) is 42.2. The number of aromatic nitrogens is 4. The number of likely N-dealkylation sites (tertiary alicyclic amines) is 2. The predicted octanol–water partition coefficient (Wildman–Crippen LogP) is 8.65. The molecule has 16 heteroatoms. The van der Waals surface area contributed by atoms with E-state index in [0.717, 1.165) is 76.3 Å². The van der Waals surface area contributed by atoms with Crippen LogP contribution in [0.25, 0.3) is 53.9 Å². The van der Waals surface area contributed by atoms with Gasteiger partial charge in [-0.3, -0.25) is 9.59 Å². The Morgan fingerprint density at radius 1 is 0.717 bits per heavy atom. The van der Waals surface area contributed by atoms with Crippen molar-refractivity contribution in [2.75, 3.05) is 27.3 Å². The van der Waals surface area contributed by atoms with Gasteiger partial charge in [-0.15, -0.1) is 22.7 Å². The standard InChI is InChI=1S/C44H50N8O6S2/c1-23(2)35(49-43(55)57-5)41(53)51-17-7-9-33(51)39-45-20-32(48-39)29-22-60-37-28(21-59-38(29)37)26-13-11-25(12-14-26)27-15-16-30-31(19-27)47-40(46-30)34-10-8-18-52(34)42(54)36(24(3)4)50-44(56)58-6/h11-16,19-24,33-36H,7-10,17-18H2,1-6H3,(H,45,48)(H,46,47)(H,49,55)(H,50,56)/t33-,34-,35-,36-/m0/s1. The first-order valence-corrected chi connectivity index (χ1v) is 22.2. The molecule has 0 spiro atoms. The Morgan fingerprint density at radius 2 is 1.25 bits per heavy atom. The van der Waals surface area contributed by atoms with Gasteiger partial charge in [-0.1, -0.05) is 58.0 Å². The molecule has 4 N–H and O–H groups in total. The molecule has 2 aliphatic rings. The molecule has 6 aromatic rings. The summed E-state index contributed by atoms with van der Waals surface area (Å²) >= 11 is 3.42. The Kier molecular flexibility index (Phi) is 11.7. The molecule has 2 fully saturated rings. The molecule has 6 heterocycles. The second kappa shape index (κ2) is 17.1. The molecule has 0 radical (unpaired) electrons. The molecule has 4 atom stereocenters. The molecule has 2 aliphatic heterocycles. The number of hydrogen-bond donors (Lipinski definition) is 4. The average molecular weight is 851 g/mol. The number of aromatic amines is 2. The summed E-state index contributed by atoms with van der Waals surface area (Å²) < 4.78 is 11.9. The molecule has 0 aliphatic carbocycles. The number of hydrogen-bond acceptors (Lipinski definition) is 10. The zero-order valence-corrected chi connectivity index (χ0v) is 36.2. The van der Waals surface area contributed by atoms with Gasteiger partial charge in [-0.2, -0.15) is 0 Å². The normalized spacial score (nSPS) is 17.8. The minimum absolute atomic E-state index is 0.105. The number of benzene rings is 2. The molecule has 314 valence electrons. The Balaban J connectivity index is 0.974. The number of carbonyl (C=O) groups is 4. The number of carbonyl (C=O) groups excluding carboxylic acids is 4. The van der Waals surface area contributed by atoms with Crippen LogP contribution in [0.4, 0.5) is 9.59 Å². The molecular weight excluding hydrogens is 801 g/mol. The highest BCUT2D eigenvalue weighted by Gasteiger charge is 2.39. The number of imidazole rings is 2. The van der Waals surface area contributed by atoms with Crippen molar-refractivity contribution in [3.8, 4) is 33.5 Å². The number of fused-ring (bicyclic) bond motifs is 2. The molecular formula is C44H50N8O6S2. The third-order valence-electron chi connectivity index (χ3n) is 11.7. The first-order valence-electron chi connectivity index (χ1n) is 20.4. The van der Waals surface area contributed by atoms with Crippen LogP contribution in [0.5, 0.6) is 0 Å². The summed E-state index contributed by atoms with van der Waals surface area (Å²) in [6, 6.07) is 13.0. The number of nitrogens with zero attached hydrogens (tertiary/aromatic N) is 4. The van der Waals surface area contributed by atoms with Gasteiger partial charge in [0.2, 0.25) is 11.8 Å². The molecule has 0 bridgehead atoms. The Morgan fingerprint density at radius 3 is 1.83 bits per heavy atom. The van der Waals surface area contributed by atoms with Gasteiger partial charge < -0.3 is 39.9 Å². The summed E-state index contributed by atoms with van der Waals surface area (Å²) in [6.45, 7) is 8.83. The number of H-pyrrole nitrogens is 2. The van der Waals surface area contributed by atoms with E-state index < -0.39 is 24.3 Å². The first-order chi connectivity index (χ1) is 28.9. The molecule has 0 saturated carbocycles. The summed E-state index contributed by atoms with van der Waals surface area (Å²) in [5.41, 5.74) is 8.15. The van der Waals surface area contributed by atoms with Crippen LogP contribution in [0.2, 0.25) is 0 Å². The summed E-state index contributed by atoms with van der Waals surface area (Å²) in [5, 5.41) is 9.80. The van der Waals surface area contributed by atoms with Gasteiger partial charge in [0.25, 0.3) is 0 Å². The van der Waals surface area contributed by atoms with Gasteiger partial charge >= 0.3 is 12.2 Å². The number of thiophene rings is 2. The van der Waals surface area contributed by atoms with Gasteiger partial charge in [0, 0.05) is 35.0 Å². The third-order valence-corrected chi connectivity index (χ3v) is 13.8. The fourth-order valence-electron chi connectivity index (χ4n) is 8.44. The summed E-state index contributed by atoms with van der Waals surface area (Å²) in [4.78, 5) is 71.7. The SMILES string of the molecule is COC(=O)N[C@H](C(=O)N1CCC[C@H]1c1ncc(-c2csc3c(-c4ccc(-c5ccc6nc([C@@H]7CCCN7C(=O)[C@@H](NC(=O)OC)C(C)C)[nH]c6c5)cc4)csc23)[nH]1)C(C)C. The van der Waals surface area contributed by atoms with Crippen LogP contribution in [0, 0.1) is 11.8 Å². The summed E-state index contributed by atoms with van der Waals surface area (Å²) in [7, 11) is 2.59. The molecule has 60 heavy (non-hydrogen) atoms. The molecule has 0 unspecified atom stereocenters. The van der Waals surface area contributed by atoms with Gasteiger partial charge in [0.15, 0.2) is 0 Å². The maximum absolute atomic E-state index is 13.7. The topological polar surface area (TPSA) is 175 Å². The van der Waals surface area contributed by atoms with Crippen molar-refractivity contribution in [2.45, 2.75) is 77.5 Å². The number of alkyl carbamates (subject to hydrolysis) is 2. The summed E-state index contributed by atoms with van der Waals surface area (Å²) in [5.74, 6) is 1.01. The zero-order valence-electron chi connectivity index (χ0n) is 34.5. The lowest BCUT2D eigenvalue weighted by Crippen LogP contribution is -2.51. The van der Waals surface area contributed by atoms with Crippen molar-refractivity contribution in [3.63, 3.8) is 0 Å². The van der Waals surface area contributed by atoms with E-state index in [0.29, 0.717) is 13.1 Å². The smallest absolute Gasteiger partial charge is 0.407 e. The van der Waals surface area contributed by atoms with E-state index in [1.54, 1.807) is 22.7 Å². The van der Waals surface area contributed by atoms with Crippen LogP contribution in [-0.2, 0) is 19.1 Å². The van der Waals surface area contributed by atoms with E-state index in [2.05, 4.69) is 67.8 Å². The van der Waals surface area contributed by atoms with Crippen LogP contribution in [0.3, 0.4) is 0 Å². The van der Waals surface area contributed by atoms with Crippen LogP contribution < -0.4 is 10.6 Å². The maximum atomic E-state index is 13.7. The number of nitrogens with one attached hydrogen (secondary N) is 4. The highest BCUT2D eigenvalue weighted by atomic mass is 32.1. The van der Waals surface area contributed by atoms with Crippen molar-refractivity contribution in [1.82, 2.24) is 40.4 Å². The van der Waals surface area contributed by atoms with Gasteiger partial charge in [-0.25, -0.2) is 19.6 Å². The fourth-order valence-corrected chi connectivity index (χ4v) is 10.9. The molecule has 14 nitrogen and oxygen atoms in total. The number of methoxy groups -OCH3 is 2. The Hall–Kier alpha value is -5.74. The van der Waals surface area contributed by atoms with E-state index >= 15 is 0 Å². The van der Waals surface area contributed by atoms with Gasteiger partial charge in [-0.05, 0) is 66.3 Å². The lowest BCUT2D eigenvalue weighted by molar-refractivity contribution is -0.136. The Labute approximate surface area is 356 Å².